The average molecular weight is 351 g/mol. The smallest absolute Gasteiger partial charge is 0.189 e. The van der Waals surface area contributed by atoms with Gasteiger partial charge in [0, 0.05) is 49.0 Å². The number of hydrogen-bond donors (Lipinski definition) is 2. The molecule has 1 atom stereocenters. The molecule has 0 aliphatic carbocycles. The Balaban J connectivity index is 1.36. The molecule has 1 aliphatic rings. The molecule has 26 heavy (non-hydrogen) atoms. The van der Waals surface area contributed by atoms with Gasteiger partial charge in [-0.3, -0.25) is 4.79 Å². The highest BCUT2D eigenvalue weighted by molar-refractivity contribution is 5.78. The largest absolute Gasteiger partial charge is 0.371 e. The molecule has 4 rings (SSSR count). The van der Waals surface area contributed by atoms with Crippen LogP contribution in [0.5, 0.6) is 0 Å². The maximum absolute atomic E-state index is 13.9. The molecule has 4 nitrogen and oxygen atoms in total. The van der Waals surface area contributed by atoms with Crippen LogP contribution in [0, 0.1) is 11.7 Å². The van der Waals surface area contributed by atoms with Crippen molar-refractivity contribution in [3.8, 4) is 0 Å². The molecular formula is C21H22FN3O. The van der Waals surface area contributed by atoms with Crippen molar-refractivity contribution in [1.82, 2.24) is 10.3 Å². The topological polar surface area (TPSA) is 48.1 Å². The van der Waals surface area contributed by atoms with Crippen LogP contribution in [0.3, 0.4) is 0 Å². The van der Waals surface area contributed by atoms with Crippen molar-refractivity contribution in [2.75, 3.05) is 24.5 Å². The molecule has 0 saturated carbocycles. The second kappa shape index (κ2) is 7.30. The number of H-pyrrole nitrogens is 1. The lowest BCUT2D eigenvalue weighted by molar-refractivity contribution is 0.514. The summed E-state index contributed by atoms with van der Waals surface area (Å²) in [6, 6.07) is 16.6. The van der Waals surface area contributed by atoms with E-state index in [9.17, 15) is 9.18 Å². The van der Waals surface area contributed by atoms with Crippen LogP contribution >= 0.6 is 0 Å². The Labute approximate surface area is 151 Å². The molecule has 3 aromatic rings. The minimum Gasteiger partial charge on any atom is -0.371 e. The lowest BCUT2D eigenvalue weighted by atomic mass is 10.1. The molecule has 2 heterocycles. The molecule has 1 unspecified atom stereocenters. The maximum Gasteiger partial charge on any atom is 0.189 e. The summed E-state index contributed by atoms with van der Waals surface area (Å²) >= 11 is 0. The third-order valence-corrected chi connectivity index (χ3v) is 5.03. The summed E-state index contributed by atoms with van der Waals surface area (Å²) in [5, 5.41) is 3.80. The molecule has 5 heteroatoms. The van der Waals surface area contributed by atoms with Gasteiger partial charge < -0.3 is 15.2 Å². The zero-order valence-corrected chi connectivity index (χ0v) is 14.5. The van der Waals surface area contributed by atoms with E-state index in [0.717, 1.165) is 26.1 Å². The van der Waals surface area contributed by atoms with E-state index < -0.39 is 5.82 Å². The molecule has 134 valence electrons. The van der Waals surface area contributed by atoms with E-state index in [4.69, 9.17) is 0 Å². The van der Waals surface area contributed by atoms with Gasteiger partial charge in [0.25, 0.3) is 0 Å². The van der Waals surface area contributed by atoms with Crippen molar-refractivity contribution in [3.63, 3.8) is 0 Å². The van der Waals surface area contributed by atoms with Crippen molar-refractivity contribution in [2.24, 2.45) is 5.92 Å². The first-order chi connectivity index (χ1) is 12.7. The Morgan fingerprint density at radius 3 is 2.85 bits per heavy atom. The number of rotatable bonds is 5. The van der Waals surface area contributed by atoms with Gasteiger partial charge in [-0.05, 0) is 36.6 Å². The number of fused-ring (bicyclic) bond motifs is 1. The van der Waals surface area contributed by atoms with Gasteiger partial charge in [0.05, 0.1) is 5.52 Å². The van der Waals surface area contributed by atoms with Gasteiger partial charge in [-0.2, -0.15) is 0 Å². The Bertz CT molecular complexity index is 954. The number of hydrogen-bond acceptors (Lipinski definition) is 3. The summed E-state index contributed by atoms with van der Waals surface area (Å²) in [5.74, 6) is 0.176. The summed E-state index contributed by atoms with van der Waals surface area (Å²) < 4.78 is 13.9. The molecule has 2 N–H and O–H groups in total. The third kappa shape index (κ3) is 3.48. The zero-order chi connectivity index (χ0) is 17.9. The number of aromatic nitrogens is 1. The minimum absolute atomic E-state index is 0.147. The summed E-state index contributed by atoms with van der Waals surface area (Å²) in [7, 11) is 0. The Morgan fingerprint density at radius 1 is 1.15 bits per heavy atom. The number of nitrogens with one attached hydrogen (secondary N) is 2. The van der Waals surface area contributed by atoms with E-state index in [1.807, 2.05) is 6.07 Å². The number of nitrogens with zero attached hydrogens (tertiary/aromatic N) is 1. The molecule has 1 fully saturated rings. The molecule has 2 aromatic carbocycles. The molecule has 0 amide bonds. The van der Waals surface area contributed by atoms with Crippen LogP contribution in [0.2, 0.25) is 0 Å². The van der Waals surface area contributed by atoms with Gasteiger partial charge in [-0.15, -0.1) is 0 Å². The van der Waals surface area contributed by atoms with Crippen molar-refractivity contribution in [1.29, 1.82) is 0 Å². The van der Waals surface area contributed by atoms with Crippen LogP contribution in [-0.4, -0.2) is 24.6 Å². The van der Waals surface area contributed by atoms with Crippen molar-refractivity contribution in [2.45, 2.75) is 13.0 Å². The first-order valence-corrected chi connectivity index (χ1v) is 9.02. The fourth-order valence-electron chi connectivity index (χ4n) is 3.67. The first-order valence-electron chi connectivity index (χ1n) is 9.02. The van der Waals surface area contributed by atoms with Gasteiger partial charge in [-0.1, -0.05) is 24.3 Å². The van der Waals surface area contributed by atoms with Crippen LogP contribution in [0.15, 0.2) is 59.4 Å². The Morgan fingerprint density at radius 2 is 2.00 bits per heavy atom. The van der Waals surface area contributed by atoms with Gasteiger partial charge in [0.1, 0.15) is 5.82 Å². The van der Waals surface area contributed by atoms with Gasteiger partial charge in [0.15, 0.2) is 5.43 Å². The lowest BCUT2D eigenvalue weighted by Gasteiger charge is -2.18. The molecule has 0 radical (unpaired) electrons. The quantitative estimate of drug-likeness (QED) is 0.742. The van der Waals surface area contributed by atoms with Crippen LogP contribution < -0.4 is 15.6 Å². The van der Waals surface area contributed by atoms with E-state index in [1.54, 1.807) is 18.2 Å². The fourth-order valence-corrected chi connectivity index (χ4v) is 3.67. The average Bonchev–Trinajstić information content (AvgIpc) is 3.12. The predicted molar refractivity (Wildman–Crippen MR) is 103 cm³/mol. The number of anilines is 1. The Kier molecular flexibility index (Phi) is 4.71. The normalized spacial score (nSPS) is 17.1. The standard InChI is InChI=1S/C21H22FN3O/c22-19-8-4-7-18-20(26)11-16(24-21(18)19)13-23-12-15-9-10-25(14-15)17-5-2-1-3-6-17/h1-8,11,15,23H,9-10,12-14H2,(H,24,26). The summed E-state index contributed by atoms with van der Waals surface area (Å²) in [4.78, 5) is 17.6. The van der Waals surface area contributed by atoms with Gasteiger partial charge in [0.2, 0.25) is 0 Å². The van der Waals surface area contributed by atoms with Crippen molar-refractivity contribution >= 4 is 16.6 Å². The number of aromatic amines is 1. The first kappa shape index (κ1) is 16.8. The zero-order valence-electron chi connectivity index (χ0n) is 14.5. The predicted octanol–water partition coefficient (Wildman–Crippen LogP) is 3.28. The highest BCUT2D eigenvalue weighted by Gasteiger charge is 2.22. The monoisotopic (exact) mass is 351 g/mol. The van der Waals surface area contributed by atoms with Gasteiger partial charge in [-0.25, -0.2) is 4.39 Å². The third-order valence-electron chi connectivity index (χ3n) is 5.03. The van der Waals surface area contributed by atoms with E-state index >= 15 is 0 Å². The number of para-hydroxylation sites is 2. The van der Waals surface area contributed by atoms with Crippen molar-refractivity contribution in [3.05, 3.63) is 76.3 Å². The number of halogens is 1. The van der Waals surface area contributed by atoms with Crippen LogP contribution in [-0.2, 0) is 6.54 Å². The van der Waals surface area contributed by atoms with E-state index in [2.05, 4.69) is 39.5 Å². The number of pyridine rings is 1. The van der Waals surface area contributed by atoms with E-state index in [0.29, 0.717) is 23.5 Å². The molecule has 0 bridgehead atoms. The highest BCUT2D eigenvalue weighted by Crippen LogP contribution is 2.23. The minimum atomic E-state index is -0.393. The Hall–Kier alpha value is -2.66. The second-order valence-corrected chi connectivity index (χ2v) is 6.89. The highest BCUT2D eigenvalue weighted by atomic mass is 19.1. The fraction of sp³-hybridized carbons (Fsp3) is 0.286. The van der Waals surface area contributed by atoms with E-state index in [1.165, 1.54) is 11.8 Å². The summed E-state index contributed by atoms with van der Waals surface area (Å²) in [6.07, 6.45) is 1.14. The molecular weight excluding hydrogens is 329 g/mol. The lowest BCUT2D eigenvalue weighted by Crippen LogP contribution is -2.26. The number of benzene rings is 2. The van der Waals surface area contributed by atoms with E-state index in [-0.39, 0.29) is 10.9 Å². The summed E-state index contributed by atoms with van der Waals surface area (Å²) in [5.41, 5.74) is 2.12. The maximum atomic E-state index is 13.9. The second-order valence-electron chi connectivity index (χ2n) is 6.89. The van der Waals surface area contributed by atoms with Crippen LogP contribution in [0.1, 0.15) is 12.1 Å². The van der Waals surface area contributed by atoms with Crippen LogP contribution in [0.4, 0.5) is 10.1 Å². The SMILES string of the molecule is O=c1cc(CNCC2CCN(c3ccccc3)C2)[nH]c2c(F)cccc12. The van der Waals surface area contributed by atoms with Crippen LogP contribution in [0.25, 0.3) is 10.9 Å². The summed E-state index contributed by atoms with van der Waals surface area (Å²) in [6.45, 7) is 3.50. The molecule has 1 saturated heterocycles. The molecule has 1 aromatic heterocycles. The molecule has 1 aliphatic heterocycles. The van der Waals surface area contributed by atoms with Gasteiger partial charge >= 0.3 is 0 Å². The van der Waals surface area contributed by atoms with Crippen molar-refractivity contribution < 1.29 is 4.39 Å². The molecule has 0 spiro atoms.